The smallest absolute Gasteiger partial charge is 0.282 e. The van der Waals surface area contributed by atoms with Gasteiger partial charge in [-0.25, -0.2) is 0 Å². The Hall–Kier alpha value is -0.450. The number of rotatable bonds is 5. The van der Waals surface area contributed by atoms with E-state index in [0.717, 1.165) is 0 Å². The lowest BCUT2D eigenvalue weighted by Gasteiger charge is -2.39. The van der Waals surface area contributed by atoms with Crippen LogP contribution < -0.4 is 11.1 Å². The van der Waals surface area contributed by atoms with E-state index in [1.807, 2.05) is 13.8 Å². The van der Waals surface area contributed by atoms with Crippen LogP contribution in [0.5, 0.6) is 0 Å². The van der Waals surface area contributed by atoms with E-state index in [1.54, 1.807) is 0 Å². The minimum absolute atomic E-state index is 0. The zero-order valence-corrected chi connectivity index (χ0v) is 15.9. The number of ether oxygens (including phenoxy) is 1. The van der Waals surface area contributed by atoms with Crippen molar-refractivity contribution < 1.29 is 17.9 Å². The van der Waals surface area contributed by atoms with Crippen molar-refractivity contribution >= 4 is 28.5 Å². The standard InChI is InChI=1S/C14H28N4O4S.ClH/c1-11-8-18(9-12(2)22-11)23(20,21)17-7-3-4-13(10-17)14(19)16-6-5-15;/h11-13H,3-10,15H2,1-2H3,(H,16,19);1H. The monoisotopic (exact) mass is 384 g/mol. The molecule has 2 heterocycles. The van der Waals surface area contributed by atoms with Crippen LogP contribution in [-0.4, -0.2) is 74.4 Å². The summed E-state index contributed by atoms with van der Waals surface area (Å²) in [6.07, 6.45) is 1.15. The van der Waals surface area contributed by atoms with E-state index in [0.29, 0.717) is 45.6 Å². The molecule has 2 saturated heterocycles. The van der Waals surface area contributed by atoms with Gasteiger partial charge in [-0.3, -0.25) is 4.79 Å². The van der Waals surface area contributed by atoms with E-state index in [4.69, 9.17) is 10.5 Å². The SMILES string of the molecule is CC1CN(S(=O)(=O)N2CCCC(C(=O)NCCN)C2)CC(C)O1.Cl. The summed E-state index contributed by atoms with van der Waals surface area (Å²) >= 11 is 0. The summed E-state index contributed by atoms with van der Waals surface area (Å²) in [5.41, 5.74) is 5.39. The molecule has 0 aromatic rings. The number of nitrogens with zero attached hydrogens (tertiary/aromatic N) is 2. The van der Waals surface area contributed by atoms with Crippen LogP contribution in [-0.2, 0) is 19.7 Å². The van der Waals surface area contributed by atoms with E-state index in [2.05, 4.69) is 5.32 Å². The minimum Gasteiger partial charge on any atom is -0.373 e. The summed E-state index contributed by atoms with van der Waals surface area (Å²) in [7, 11) is -3.56. The van der Waals surface area contributed by atoms with E-state index in [9.17, 15) is 13.2 Å². The van der Waals surface area contributed by atoms with Crippen LogP contribution in [0.15, 0.2) is 0 Å². The third-order valence-electron chi connectivity index (χ3n) is 4.24. The maximum Gasteiger partial charge on any atom is 0.282 e. The van der Waals surface area contributed by atoms with Crippen LogP contribution in [0.25, 0.3) is 0 Å². The van der Waals surface area contributed by atoms with Crippen molar-refractivity contribution in [3.63, 3.8) is 0 Å². The van der Waals surface area contributed by atoms with Gasteiger partial charge in [0.2, 0.25) is 5.91 Å². The topological polar surface area (TPSA) is 105 Å². The second kappa shape index (κ2) is 9.30. The number of carbonyl (C=O) groups is 1. The highest BCUT2D eigenvalue weighted by atomic mass is 35.5. The minimum atomic E-state index is -3.56. The van der Waals surface area contributed by atoms with Gasteiger partial charge in [0.25, 0.3) is 10.2 Å². The quantitative estimate of drug-likeness (QED) is 0.668. The molecule has 2 aliphatic rings. The molecule has 2 aliphatic heterocycles. The zero-order valence-electron chi connectivity index (χ0n) is 14.3. The number of halogens is 1. The number of hydrogen-bond acceptors (Lipinski definition) is 5. The summed E-state index contributed by atoms with van der Waals surface area (Å²) in [5.74, 6) is -0.417. The van der Waals surface area contributed by atoms with Gasteiger partial charge < -0.3 is 15.8 Å². The molecule has 0 aromatic heterocycles. The number of hydrogen-bond donors (Lipinski definition) is 2. The third-order valence-corrected chi connectivity index (χ3v) is 6.17. The van der Waals surface area contributed by atoms with Crippen LogP contribution in [0, 0.1) is 5.92 Å². The average Bonchev–Trinajstić information content (AvgIpc) is 2.51. The number of nitrogens with one attached hydrogen (secondary N) is 1. The Kier molecular flexibility index (Phi) is 8.37. The molecule has 0 aromatic carbocycles. The molecular weight excluding hydrogens is 356 g/mol. The average molecular weight is 385 g/mol. The van der Waals surface area contributed by atoms with Crippen molar-refractivity contribution in [3.05, 3.63) is 0 Å². The van der Waals surface area contributed by atoms with Crippen molar-refractivity contribution in [2.45, 2.75) is 38.9 Å². The fourth-order valence-corrected chi connectivity index (χ4v) is 5.04. The Bertz CT molecular complexity index is 509. The van der Waals surface area contributed by atoms with Crippen molar-refractivity contribution in [2.75, 3.05) is 39.3 Å². The molecule has 10 heteroatoms. The largest absolute Gasteiger partial charge is 0.373 e. The molecule has 0 radical (unpaired) electrons. The Labute approximate surface area is 150 Å². The Morgan fingerprint density at radius 1 is 1.21 bits per heavy atom. The molecule has 0 saturated carbocycles. The molecule has 1 amide bonds. The molecule has 3 unspecified atom stereocenters. The zero-order chi connectivity index (χ0) is 17.0. The van der Waals surface area contributed by atoms with Crippen molar-refractivity contribution in [3.8, 4) is 0 Å². The van der Waals surface area contributed by atoms with Crippen molar-refractivity contribution in [2.24, 2.45) is 11.7 Å². The number of morpholine rings is 1. The lowest BCUT2D eigenvalue weighted by molar-refractivity contribution is -0.126. The van der Waals surface area contributed by atoms with Crippen molar-refractivity contribution in [1.82, 2.24) is 13.9 Å². The Balaban J connectivity index is 0.00000288. The van der Waals surface area contributed by atoms with Gasteiger partial charge in [0.1, 0.15) is 0 Å². The maximum absolute atomic E-state index is 12.9. The lowest BCUT2D eigenvalue weighted by atomic mass is 9.99. The number of carbonyl (C=O) groups excluding carboxylic acids is 1. The molecule has 0 aliphatic carbocycles. The molecule has 0 bridgehead atoms. The second-order valence-electron chi connectivity index (χ2n) is 6.36. The van der Waals surface area contributed by atoms with Crippen LogP contribution in [0.1, 0.15) is 26.7 Å². The first-order valence-electron chi connectivity index (χ1n) is 8.23. The molecule has 2 fully saturated rings. The van der Waals surface area contributed by atoms with Gasteiger partial charge >= 0.3 is 0 Å². The molecule has 8 nitrogen and oxygen atoms in total. The van der Waals surface area contributed by atoms with Gasteiger partial charge in [0.05, 0.1) is 18.1 Å². The predicted molar refractivity (Wildman–Crippen MR) is 94.1 cm³/mol. The fraction of sp³-hybridized carbons (Fsp3) is 0.929. The molecule has 0 spiro atoms. The first-order chi connectivity index (χ1) is 10.8. The van der Waals surface area contributed by atoms with Crippen molar-refractivity contribution in [1.29, 1.82) is 0 Å². The fourth-order valence-electron chi connectivity index (χ4n) is 3.19. The van der Waals surface area contributed by atoms with Crippen LogP contribution in [0.3, 0.4) is 0 Å². The molecule has 3 N–H and O–H groups in total. The molecular formula is C14H29ClN4O4S. The molecule has 24 heavy (non-hydrogen) atoms. The van der Waals surface area contributed by atoms with Crippen LogP contribution >= 0.6 is 12.4 Å². The maximum atomic E-state index is 12.9. The van der Waals surface area contributed by atoms with E-state index >= 15 is 0 Å². The summed E-state index contributed by atoms with van der Waals surface area (Å²) in [5, 5.41) is 2.75. The highest BCUT2D eigenvalue weighted by Gasteiger charge is 2.38. The molecule has 2 rings (SSSR count). The first kappa shape index (κ1) is 21.6. The van der Waals surface area contributed by atoms with Gasteiger partial charge in [-0.2, -0.15) is 17.0 Å². The predicted octanol–water partition coefficient (Wildman–Crippen LogP) is -0.451. The number of amides is 1. The van der Waals surface area contributed by atoms with Gasteiger partial charge in [0.15, 0.2) is 0 Å². The lowest BCUT2D eigenvalue weighted by Crippen LogP contribution is -2.55. The normalized spacial score (nSPS) is 29.7. The summed E-state index contributed by atoms with van der Waals surface area (Å²) in [6, 6.07) is 0. The number of nitrogens with two attached hydrogens (primary N) is 1. The van der Waals surface area contributed by atoms with Crippen LogP contribution in [0.2, 0.25) is 0 Å². The van der Waals surface area contributed by atoms with Gasteiger partial charge in [-0.15, -0.1) is 12.4 Å². The molecule has 3 atom stereocenters. The highest BCUT2D eigenvalue weighted by Crippen LogP contribution is 2.23. The Morgan fingerprint density at radius 2 is 1.83 bits per heavy atom. The van der Waals surface area contributed by atoms with Gasteiger partial charge in [0, 0.05) is 39.3 Å². The highest BCUT2D eigenvalue weighted by molar-refractivity contribution is 7.86. The summed E-state index contributed by atoms with van der Waals surface area (Å²) in [6.45, 7) is 5.95. The third kappa shape index (κ3) is 5.27. The van der Waals surface area contributed by atoms with E-state index < -0.39 is 10.2 Å². The Morgan fingerprint density at radius 3 is 2.42 bits per heavy atom. The first-order valence-corrected chi connectivity index (χ1v) is 9.62. The van der Waals surface area contributed by atoms with E-state index in [1.165, 1.54) is 8.61 Å². The summed E-state index contributed by atoms with van der Waals surface area (Å²) in [4.78, 5) is 12.1. The number of piperidine rings is 1. The second-order valence-corrected chi connectivity index (χ2v) is 8.29. The van der Waals surface area contributed by atoms with E-state index in [-0.39, 0.29) is 43.0 Å². The van der Waals surface area contributed by atoms with Crippen LogP contribution in [0.4, 0.5) is 0 Å². The van der Waals surface area contributed by atoms with Gasteiger partial charge in [-0.05, 0) is 26.7 Å². The van der Waals surface area contributed by atoms with Gasteiger partial charge in [-0.1, -0.05) is 0 Å². The summed E-state index contributed by atoms with van der Waals surface area (Å²) < 4.78 is 34.2. The molecule has 142 valence electrons.